The monoisotopic (exact) mass is 343 g/mol. The molecular weight excluding hydrogens is 322 g/mol. The van der Waals surface area contributed by atoms with E-state index in [1.807, 2.05) is 26.0 Å². The summed E-state index contributed by atoms with van der Waals surface area (Å²) in [5, 5.41) is 3.50. The van der Waals surface area contributed by atoms with Crippen LogP contribution in [-0.4, -0.2) is 46.0 Å². The lowest BCUT2D eigenvalue weighted by Gasteiger charge is -2.28. The number of hydrogen-bond acceptors (Lipinski definition) is 5. The number of ketones is 1. The van der Waals surface area contributed by atoms with E-state index < -0.39 is 0 Å². The number of aromatic nitrogens is 1. The molecule has 0 saturated carbocycles. The van der Waals surface area contributed by atoms with E-state index in [4.69, 9.17) is 17.0 Å². The van der Waals surface area contributed by atoms with Crippen molar-refractivity contribution in [2.45, 2.75) is 38.8 Å². The van der Waals surface area contributed by atoms with Gasteiger partial charge in [-0.05, 0) is 51.5 Å². The maximum absolute atomic E-state index is 12.3. The summed E-state index contributed by atoms with van der Waals surface area (Å²) in [5.74, 6) is 0.604. The summed E-state index contributed by atoms with van der Waals surface area (Å²) < 4.78 is 5.57. The van der Waals surface area contributed by atoms with Crippen molar-refractivity contribution in [3.63, 3.8) is 0 Å². The first-order valence-corrected chi connectivity index (χ1v) is 7.64. The largest absolute Gasteiger partial charge is 0.413 e. The molecule has 1 saturated heterocycles. The van der Waals surface area contributed by atoms with E-state index >= 15 is 0 Å². The zero-order valence-electron chi connectivity index (χ0n) is 12.8. The normalized spacial score (nSPS) is 17.0. The quantitative estimate of drug-likeness (QED) is 0.827. The van der Waals surface area contributed by atoms with E-state index in [0.717, 1.165) is 19.4 Å². The molecule has 2 rings (SSSR count). The zero-order valence-corrected chi connectivity index (χ0v) is 14.5. The van der Waals surface area contributed by atoms with Gasteiger partial charge in [0, 0.05) is 18.3 Å². The average molecular weight is 344 g/mol. The van der Waals surface area contributed by atoms with Crippen LogP contribution in [0.15, 0.2) is 24.4 Å². The Bertz CT molecular complexity index is 493. The van der Waals surface area contributed by atoms with Gasteiger partial charge >= 0.3 is 0 Å². The van der Waals surface area contributed by atoms with Gasteiger partial charge in [0.15, 0.2) is 5.78 Å². The summed E-state index contributed by atoms with van der Waals surface area (Å²) in [6.45, 7) is 5.15. The summed E-state index contributed by atoms with van der Waals surface area (Å²) in [7, 11) is 0. The van der Waals surface area contributed by atoms with E-state index in [1.54, 1.807) is 17.2 Å². The lowest BCUT2D eigenvalue weighted by atomic mass is 10.1. The molecule has 5 nitrogen and oxygen atoms in total. The van der Waals surface area contributed by atoms with Crippen LogP contribution in [0.2, 0.25) is 0 Å². The van der Waals surface area contributed by atoms with Gasteiger partial charge in [-0.2, -0.15) is 0 Å². The number of hydrogen-bond donors (Lipinski definition) is 1. The molecule has 0 bridgehead atoms. The van der Waals surface area contributed by atoms with Gasteiger partial charge < -0.3 is 15.0 Å². The predicted octanol–water partition coefficient (Wildman–Crippen LogP) is 2.20. The third-order valence-electron chi connectivity index (χ3n) is 3.46. The highest BCUT2D eigenvalue weighted by Gasteiger charge is 2.26. The number of ether oxygens (including phenoxy) is 1. The first-order chi connectivity index (χ1) is 10.1. The Morgan fingerprint density at radius 3 is 2.86 bits per heavy atom. The predicted molar refractivity (Wildman–Crippen MR) is 92.6 cm³/mol. The Morgan fingerprint density at radius 1 is 1.55 bits per heavy atom. The van der Waals surface area contributed by atoms with Crippen molar-refractivity contribution in [1.29, 1.82) is 0 Å². The second kappa shape index (κ2) is 9.02. The minimum atomic E-state index is -0.0519. The number of rotatable bonds is 5. The van der Waals surface area contributed by atoms with Crippen LogP contribution >= 0.6 is 24.6 Å². The number of nitrogens with zero attached hydrogens (tertiary/aromatic N) is 2. The maximum atomic E-state index is 12.3. The van der Waals surface area contributed by atoms with Gasteiger partial charge in [0.25, 0.3) is 5.17 Å². The highest BCUT2D eigenvalue weighted by molar-refractivity contribution is 7.80. The number of nitrogens with one attached hydrogen (secondary N) is 1. The second-order valence-corrected chi connectivity index (χ2v) is 5.72. The Kier molecular flexibility index (Phi) is 7.72. The summed E-state index contributed by atoms with van der Waals surface area (Å²) >= 11 is 5.32. The highest BCUT2D eigenvalue weighted by Crippen LogP contribution is 2.11. The third-order valence-corrected chi connectivity index (χ3v) is 3.78. The molecule has 7 heteroatoms. The van der Waals surface area contributed by atoms with Crippen LogP contribution in [0.4, 0.5) is 0 Å². The van der Waals surface area contributed by atoms with E-state index in [1.165, 1.54) is 0 Å². The number of carbonyl (C=O) groups excluding carboxylic acids is 1. The molecule has 0 radical (unpaired) electrons. The van der Waals surface area contributed by atoms with Crippen LogP contribution < -0.4 is 10.1 Å². The van der Waals surface area contributed by atoms with Crippen LogP contribution in [0.3, 0.4) is 0 Å². The maximum Gasteiger partial charge on any atom is 0.266 e. The molecule has 1 aliphatic heterocycles. The average Bonchev–Trinajstić information content (AvgIpc) is 2.99. The van der Waals surface area contributed by atoms with Gasteiger partial charge in [-0.15, -0.1) is 12.4 Å². The third kappa shape index (κ3) is 5.19. The molecule has 0 aromatic carbocycles. The number of thiocarbonyl (C=S) groups is 1. The molecule has 2 heterocycles. The van der Waals surface area contributed by atoms with Crippen molar-refractivity contribution in [1.82, 2.24) is 15.2 Å². The molecule has 0 unspecified atom stereocenters. The second-order valence-electron chi connectivity index (χ2n) is 5.37. The van der Waals surface area contributed by atoms with E-state index in [0.29, 0.717) is 5.88 Å². The number of halogens is 1. The Balaban J connectivity index is 0.00000242. The van der Waals surface area contributed by atoms with Gasteiger partial charge in [0.05, 0.1) is 12.6 Å². The van der Waals surface area contributed by atoms with Crippen LogP contribution in [0.5, 0.6) is 5.88 Å². The van der Waals surface area contributed by atoms with Gasteiger partial charge in [-0.3, -0.25) is 4.79 Å². The Hall–Kier alpha value is -1.24. The molecule has 0 amide bonds. The molecule has 0 aliphatic carbocycles. The van der Waals surface area contributed by atoms with Crippen LogP contribution in [0.1, 0.15) is 26.7 Å². The SMILES string of the molecule is CC(C)N(CC(=O)[C@@H]1CCCN1)C(=S)Oc1ccccn1.Cl. The van der Waals surface area contributed by atoms with E-state index in [2.05, 4.69) is 10.3 Å². The van der Waals surface area contributed by atoms with Crippen molar-refractivity contribution in [2.24, 2.45) is 0 Å². The molecule has 1 atom stereocenters. The van der Waals surface area contributed by atoms with E-state index in [-0.39, 0.29) is 42.0 Å². The van der Waals surface area contributed by atoms with Crippen LogP contribution in [0, 0.1) is 0 Å². The van der Waals surface area contributed by atoms with Gasteiger partial charge in [0.1, 0.15) is 0 Å². The topological polar surface area (TPSA) is 54.5 Å². The molecule has 122 valence electrons. The summed E-state index contributed by atoms with van der Waals surface area (Å²) in [4.78, 5) is 18.2. The first-order valence-electron chi connectivity index (χ1n) is 7.23. The number of pyridine rings is 1. The van der Waals surface area contributed by atoms with Crippen molar-refractivity contribution in [3.8, 4) is 5.88 Å². The molecule has 1 fully saturated rings. The van der Waals surface area contributed by atoms with Crippen molar-refractivity contribution in [3.05, 3.63) is 24.4 Å². The van der Waals surface area contributed by atoms with Crippen molar-refractivity contribution in [2.75, 3.05) is 13.1 Å². The van der Waals surface area contributed by atoms with Crippen molar-refractivity contribution >= 4 is 35.6 Å². The summed E-state index contributed by atoms with van der Waals surface area (Å²) in [5.41, 5.74) is 0. The molecule has 22 heavy (non-hydrogen) atoms. The molecule has 1 N–H and O–H groups in total. The first kappa shape index (κ1) is 18.8. The van der Waals surface area contributed by atoms with Gasteiger partial charge in [-0.25, -0.2) is 4.98 Å². The molecule has 1 aromatic heterocycles. The number of carbonyl (C=O) groups is 1. The van der Waals surface area contributed by atoms with Gasteiger partial charge in [-0.1, -0.05) is 6.07 Å². The fourth-order valence-electron chi connectivity index (χ4n) is 2.25. The summed E-state index contributed by atoms with van der Waals surface area (Å²) in [6.07, 6.45) is 3.59. The highest BCUT2D eigenvalue weighted by atomic mass is 35.5. The zero-order chi connectivity index (χ0) is 15.2. The smallest absolute Gasteiger partial charge is 0.266 e. The number of Topliss-reactive ketones (excluding diaryl/α,β-unsaturated/α-hetero) is 1. The molecular formula is C15H22ClN3O2S. The Morgan fingerprint density at radius 2 is 2.32 bits per heavy atom. The van der Waals surface area contributed by atoms with Crippen molar-refractivity contribution < 1.29 is 9.53 Å². The summed E-state index contributed by atoms with van der Waals surface area (Å²) in [6, 6.07) is 5.42. The van der Waals surface area contributed by atoms with Crippen LogP contribution in [0.25, 0.3) is 0 Å². The standard InChI is InChI=1S/C15H21N3O2S.ClH/c1-11(2)18(10-13(19)12-6-5-9-16-12)15(21)20-14-7-3-4-8-17-14;/h3-4,7-8,11-12,16H,5-6,9-10H2,1-2H3;1H/t12-;/m0./s1. The fraction of sp³-hybridized carbons (Fsp3) is 0.533. The molecule has 1 aromatic rings. The lowest BCUT2D eigenvalue weighted by molar-refractivity contribution is -0.121. The Labute approximate surface area is 142 Å². The fourth-order valence-corrected chi connectivity index (χ4v) is 2.61. The minimum Gasteiger partial charge on any atom is -0.413 e. The lowest BCUT2D eigenvalue weighted by Crippen LogP contribution is -2.46. The molecule has 0 spiro atoms. The molecule has 1 aliphatic rings. The van der Waals surface area contributed by atoms with Crippen LogP contribution in [-0.2, 0) is 4.79 Å². The van der Waals surface area contributed by atoms with Gasteiger partial charge in [0.2, 0.25) is 5.88 Å². The minimum absolute atomic E-state index is 0. The van der Waals surface area contributed by atoms with E-state index in [9.17, 15) is 4.79 Å².